The third-order valence-corrected chi connectivity index (χ3v) is 7.55. The van der Waals surface area contributed by atoms with Crippen molar-refractivity contribution < 1.29 is 33.4 Å². The lowest BCUT2D eigenvalue weighted by molar-refractivity contribution is -0.143. The second-order valence-corrected chi connectivity index (χ2v) is 10.1. The summed E-state index contributed by atoms with van der Waals surface area (Å²) in [5, 5.41) is 15.4. The van der Waals surface area contributed by atoms with Crippen LogP contribution in [0.15, 0.2) is 21.3 Å². The van der Waals surface area contributed by atoms with E-state index in [1.165, 1.54) is 26.0 Å². The molecule has 11 heteroatoms. The maximum Gasteiger partial charge on any atom is 0.340 e. The van der Waals surface area contributed by atoms with E-state index in [4.69, 9.17) is 19.0 Å². The molecule has 3 N–H and O–H groups in total. The molecule has 0 saturated heterocycles. The van der Waals surface area contributed by atoms with Crippen LogP contribution in [0.2, 0.25) is 0 Å². The van der Waals surface area contributed by atoms with Gasteiger partial charge in [0.1, 0.15) is 6.04 Å². The van der Waals surface area contributed by atoms with Gasteiger partial charge in [0, 0.05) is 17.7 Å². The Labute approximate surface area is 219 Å². The highest BCUT2D eigenvalue weighted by Crippen LogP contribution is 2.36. The van der Waals surface area contributed by atoms with Crippen molar-refractivity contribution in [2.75, 3.05) is 32.8 Å². The number of aryl methyl sites for hydroxylation is 1. The van der Waals surface area contributed by atoms with Gasteiger partial charge in [0.2, 0.25) is 17.6 Å². The fraction of sp³-hybridized carbons (Fsp3) is 0.538. The minimum absolute atomic E-state index is 0.204. The van der Waals surface area contributed by atoms with Crippen molar-refractivity contribution in [2.24, 2.45) is 11.8 Å². The van der Waals surface area contributed by atoms with E-state index in [1.807, 2.05) is 6.26 Å². The van der Waals surface area contributed by atoms with Gasteiger partial charge < -0.3 is 29.6 Å². The lowest BCUT2D eigenvalue weighted by Crippen LogP contribution is -2.50. The molecule has 2 amide bonds. The summed E-state index contributed by atoms with van der Waals surface area (Å²) < 4.78 is 16.1. The number of ether oxygens (including phenoxy) is 2. The largest absolute Gasteiger partial charge is 0.493 e. The molecule has 1 aliphatic carbocycles. The number of carbonyl (C=O) groups is 3. The number of thioether (sulfide) groups is 1. The Bertz CT molecular complexity index is 1200. The number of carbonyl (C=O) groups excluding carboxylic acids is 2. The van der Waals surface area contributed by atoms with Gasteiger partial charge in [-0.15, -0.1) is 0 Å². The van der Waals surface area contributed by atoms with Crippen LogP contribution in [-0.4, -0.2) is 61.7 Å². The molecule has 1 saturated carbocycles. The first-order valence-corrected chi connectivity index (χ1v) is 13.6. The molecule has 202 valence electrons. The maximum atomic E-state index is 12.9. The smallest absolute Gasteiger partial charge is 0.340 e. The summed E-state index contributed by atoms with van der Waals surface area (Å²) in [6.45, 7) is 2.17. The Morgan fingerprint density at radius 1 is 1.16 bits per heavy atom. The molecule has 1 fully saturated rings. The standard InChI is InChI=1S/C26H34N2O8S/c1-14-17-9-10-20(34-2)23(35-3)22(17)36-26(33)18(14)11-21(29)28-19(13-37-4)24(30)27-12-15-5-7-16(8-6-15)25(31)32/h9-10,15-16,19H,5-8,11-13H2,1-4H3,(H,27,30)(H,28,29)(H,31,32). The van der Waals surface area contributed by atoms with Crippen molar-refractivity contribution >= 4 is 40.5 Å². The number of methoxy groups -OCH3 is 2. The molecule has 10 nitrogen and oxygen atoms in total. The molecule has 2 aromatic rings. The van der Waals surface area contributed by atoms with Crippen molar-refractivity contribution in [3.63, 3.8) is 0 Å². The van der Waals surface area contributed by atoms with Crippen molar-refractivity contribution in [3.05, 3.63) is 33.7 Å². The van der Waals surface area contributed by atoms with E-state index in [2.05, 4.69) is 10.6 Å². The number of hydrogen-bond donors (Lipinski definition) is 3. The highest BCUT2D eigenvalue weighted by atomic mass is 32.2. The minimum Gasteiger partial charge on any atom is -0.493 e. The normalized spacial score (nSPS) is 18.2. The number of amides is 2. The van der Waals surface area contributed by atoms with Crippen LogP contribution < -0.4 is 25.7 Å². The van der Waals surface area contributed by atoms with Crippen LogP contribution in [0.5, 0.6) is 11.5 Å². The van der Waals surface area contributed by atoms with Crippen molar-refractivity contribution in [3.8, 4) is 11.5 Å². The molecule has 1 unspecified atom stereocenters. The molecule has 1 heterocycles. The summed E-state index contributed by atoms with van der Waals surface area (Å²) in [5.41, 5.74) is 0.376. The quantitative estimate of drug-likeness (QED) is 0.370. The predicted molar refractivity (Wildman–Crippen MR) is 140 cm³/mol. The molecule has 1 aliphatic rings. The second kappa shape index (κ2) is 12.8. The van der Waals surface area contributed by atoms with E-state index in [-0.39, 0.29) is 35.3 Å². The number of benzene rings is 1. The van der Waals surface area contributed by atoms with Gasteiger partial charge in [-0.05, 0) is 62.5 Å². The average Bonchev–Trinajstić information content (AvgIpc) is 2.88. The van der Waals surface area contributed by atoms with Crippen molar-refractivity contribution in [1.82, 2.24) is 10.6 Å². The molecule has 0 radical (unpaired) electrons. The first-order chi connectivity index (χ1) is 17.7. The van der Waals surface area contributed by atoms with Gasteiger partial charge in [0.05, 0.1) is 32.1 Å². The van der Waals surface area contributed by atoms with Gasteiger partial charge in [-0.2, -0.15) is 11.8 Å². The molecule has 37 heavy (non-hydrogen) atoms. The number of fused-ring (bicyclic) bond motifs is 1. The van der Waals surface area contributed by atoms with Crippen LogP contribution in [0, 0.1) is 18.8 Å². The van der Waals surface area contributed by atoms with E-state index in [1.54, 1.807) is 19.1 Å². The zero-order valence-corrected chi connectivity index (χ0v) is 22.4. The molecule has 0 aliphatic heterocycles. The van der Waals surface area contributed by atoms with E-state index >= 15 is 0 Å². The monoisotopic (exact) mass is 534 g/mol. The van der Waals surface area contributed by atoms with E-state index in [0.717, 1.165) is 12.8 Å². The third kappa shape index (κ3) is 6.76. The SMILES string of the molecule is COc1ccc2c(C)c(CC(=O)NC(CSC)C(=O)NCC3CCC(C(=O)O)CC3)c(=O)oc2c1OC. The number of carboxylic acids is 1. The van der Waals surface area contributed by atoms with Crippen LogP contribution in [0.3, 0.4) is 0 Å². The summed E-state index contributed by atoms with van der Waals surface area (Å²) in [6.07, 6.45) is 4.29. The lowest BCUT2D eigenvalue weighted by Gasteiger charge is -2.27. The summed E-state index contributed by atoms with van der Waals surface area (Å²) in [4.78, 5) is 49.6. The molecule has 1 aromatic heterocycles. The lowest BCUT2D eigenvalue weighted by atomic mass is 9.82. The van der Waals surface area contributed by atoms with Gasteiger partial charge in [-0.1, -0.05) is 0 Å². The Morgan fingerprint density at radius 3 is 2.46 bits per heavy atom. The first-order valence-electron chi connectivity index (χ1n) is 12.2. The number of carboxylic acid groups (broad SMARTS) is 1. The molecular weight excluding hydrogens is 500 g/mol. The summed E-state index contributed by atoms with van der Waals surface area (Å²) in [7, 11) is 2.93. The van der Waals surface area contributed by atoms with Crippen LogP contribution in [0.4, 0.5) is 0 Å². The zero-order valence-electron chi connectivity index (χ0n) is 21.5. The molecular formula is C26H34N2O8S. The molecule has 0 spiro atoms. The van der Waals surface area contributed by atoms with Crippen molar-refractivity contribution in [1.29, 1.82) is 0 Å². The fourth-order valence-electron chi connectivity index (χ4n) is 4.71. The number of rotatable bonds is 11. The Kier molecular flexibility index (Phi) is 9.85. The van der Waals surface area contributed by atoms with Crippen LogP contribution in [-0.2, 0) is 20.8 Å². The first kappa shape index (κ1) is 28.4. The summed E-state index contributed by atoms with van der Waals surface area (Å²) in [6, 6.07) is 2.67. The van der Waals surface area contributed by atoms with E-state index in [9.17, 15) is 19.2 Å². The molecule has 1 atom stereocenters. The van der Waals surface area contributed by atoms with Gasteiger partial charge >= 0.3 is 11.6 Å². The Balaban J connectivity index is 1.67. The molecule has 3 rings (SSSR count). The fourth-order valence-corrected chi connectivity index (χ4v) is 5.28. The number of nitrogens with one attached hydrogen (secondary N) is 2. The Hall–Kier alpha value is -3.21. The van der Waals surface area contributed by atoms with Gasteiger partial charge in [-0.25, -0.2) is 4.79 Å². The van der Waals surface area contributed by atoms with Gasteiger partial charge in [0.25, 0.3) is 0 Å². The summed E-state index contributed by atoms with van der Waals surface area (Å²) >= 11 is 1.42. The van der Waals surface area contributed by atoms with Crippen LogP contribution in [0.25, 0.3) is 11.0 Å². The topological polar surface area (TPSA) is 144 Å². The number of aliphatic carboxylic acids is 1. The minimum atomic E-state index is -0.769. The highest BCUT2D eigenvalue weighted by molar-refractivity contribution is 7.98. The maximum absolute atomic E-state index is 12.9. The Morgan fingerprint density at radius 2 is 1.86 bits per heavy atom. The van der Waals surface area contributed by atoms with Gasteiger partial charge in [0.15, 0.2) is 11.3 Å². The van der Waals surface area contributed by atoms with Crippen molar-refractivity contribution in [2.45, 2.75) is 45.1 Å². The predicted octanol–water partition coefficient (Wildman–Crippen LogP) is 2.52. The second-order valence-electron chi connectivity index (χ2n) is 9.22. The molecule has 1 aromatic carbocycles. The van der Waals surface area contributed by atoms with Crippen LogP contribution >= 0.6 is 11.8 Å². The van der Waals surface area contributed by atoms with Gasteiger partial charge in [-0.3, -0.25) is 14.4 Å². The van der Waals surface area contributed by atoms with Crippen LogP contribution in [0.1, 0.15) is 36.8 Å². The average molecular weight is 535 g/mol. The molecule has 0 bridgehead atoms. The highest BCUT2D eigenvalue weighted by Gasteiger charge is 2.28. The number of hydrogen-bond acceptors (Lipinski definition) is 8. The third-order valence-electron chi connectivity index (χ3n) is 6.88. The van der Waals surface area contributed by atoms with E-state index < -0.39 is 23.5 Å². The summed E-state index contributed by atoms with van der Waals surface area (Å²) in [5.74, 6) is -0.548. The van der Waals surface area contributed by atoms with E-state index in [0.29, 0.717) is 47.6 Å². The zero-order chi connectivity index (χ0) is 27.1.